The quantitative estimate of drug-likeness (QED) is 0.731. The highest BCUT2D eigenvalue weighted by Crippen LogP contribution is 2.52. The van der Waals surface area contributed by atoms with Gasteiger partial charge in [-0.25, -0.2) is 0 Å². The van der Waals surface area contributed by atoms with E-state index in [2.05, 4.69) is 12.1 Å². The van der Waals surface area contributed by atoms with E-state index in [1.807, 2.05) is 12.1 Å². The molecule has 0 spiro atoms. The topological polar surface area (TPSA) is 40.5 Å². The molecular weight excluding hydrogens is 199 g/mol. The van der Waals surface area contributed by atoms with Crippen LogP contribution in [0.25, 0.3) is 0 Å². The lowest BCUT2D eigenvalue weighted by Gasteiger charge is -2.22. The Morgan fingerprint density at radius 2 is 1.75 bits per heavy atom. The highest BCUT2D eigenvalue weighted by Gasteiger charge is 2.39. The summed E-state index contributed by atoms with van der Waals surface area (Å²) >= 11 is 0. The lowest BCUT2D eigenvalue weighted by molar-refractivity contribution is 0.419. The molecule has 16 heavy (non-hydrogen) atoms. The second-order valence-electron chi connectivity index (χ2n) is 5.32. The van der Waals surface area contributed by atoms with E-state index in [0.717, 1.165) is 17.8 Å². The standard InChI is InChI=1S/C13H17BO2/c15-14(16)12-5-3-10(4-6-12)13-8-9-1-2-11(13)7-9/h3-6,9,11,13,15-16H,1-2,7-8H2. The van der Waals surface area contributed by atoms with Crippen molar-refractivity contribution in [1.29, 1.82) is 0 Å². The van der Waals surface area contributed by atoms with Crippen LogP contribution < -0.4 is 5.46 Å². The first-order chi connectivity index (χ1) is 7.74. The highest BCUT2D eigenvalue weighted by molar-refractivity contribution is 6.58. The molecular formula is C13H17BO2. The molecule has 0 amide bonds. The van der Waals surface area contributed by atoms with E-state index in [9.17, 15) is 0 Å². The van der Waals surface area contributed by atoms with Crippen LogP contribution in [0.15, 0.2) is 24.3 Å². The molecule has 3 heteroatoms. The summed E-state index contributed by atoms with van der Waals surface area (Å²) in [6.45, 7) is 0. The van der Waals surface area contributed by atoms with Crippen molar-refractivity contribution < 1.29 is 10.0 Å². The van der Waals surface area contributed by atoms with Gasteiger partial charge in [0.2, 0.25) is 0 Å². The Labute approximate surface area is 96.5 Å². The summed E-state index contributed by atoms with van der Waals surface area (Å²) in [6.07, 6.45) is 5.56. The average molecular weight is 216 g/mol. The van der Waals surface area contributed by atoms with E-state index in [4.69, 9.17) is 10.0 Å². The fourth-order valence-electron chi connectivity index (χ4n) is 3.57. The van der Waals surface area contributed by atoms with Crippen LogP contribution in [0.4, 0.5) is 0 Å². The fraction of sp³-hybridized carbons (Fsp3) is 0.538. The number of fused-ring (bicyclic) bond motifs is 2. The molecule has 3 unspecified atom stereocenters. The predicted octanol–water partition coefficient (Wildman–Crippen LogP) is 1.27. The highest BCUT2D eigenvalue weighted by atomic mass is 16.4. The number of benzene rings is 1. The zero-order chi connectivity index (χ0) is 11.1. The normalized spacial score (nSPS) is 32.0. The van der Waals surface area contributed by atoms with Crippen molar-refractivity contribution >= 4 is 12.6 Å². The maximum Gasteiger partial charge on any atom is 0.488 e. The van der Waals surface area contributed by atoms with E-state index >= 15 is 0 Å². The molecule has 1 aromatic rings. The van der Waals surface area contributed by atoms with Gasteiger partial charge in [-0.2, -0.15) is 0 Å². The Morgan fingerprint density at radius 3 is 2.25 bits per heavy atom. The summed E-state index contributed by atoms with van der Waals surface area (Å²) in [5, 5.41) is 18.1. The van der Waals surface area contributed by atoms with Gasteiger partial charge >= 0.3 is 7.12 Å². The van der Waals surface area contributed by atoms with Crippen LogP contribution in [0.2, 0.25) is 0 Å². The van der Waals surface area contributed by atoms with Crippen molar-refractivity contribution in [2.75, 3.05) is 0 Å². The molecule has 2 nitrogen and oxygen atoms in total. The van der Waals surface area contributed by atoms with Gasteiger partial charge in [-0.15, -0.1) is 0 Å². The molecule has 0 saturated heterocycles. The van der Waals surface area contributed by atoms with Crippen LogP contribution >= 0.6 is 0 Å². The van der Waals surface area contributed by atoms with Gasteiger partial charge in [0.15, 0.2) is 0 Å². The van der Waals surface area contributed by atoms with Crippen molar-refractivity contribution in [3.8, 4) is 0 Å². The third-order valence-electron chi connectivity index (χ3n) is 4.40. The first-order valence-electron chi connectivity index (χ1n) is 6.20. The molecule has 2 N–H and O–H groups in total. The summed E-state index contributed by atoms with van der Waals surface area (Å²) < 4.78 is 0. The SMILES string of the molecule is OB(O)c1ccc(C2CC3CCC2C3)cc1. The Hall–Kier alpha value is -0.795. The lowest BCUT2D eigenvalue weighted by atomic mass is 9.77. The van der Waals surface area contributed by atoms with E-state index < -0.39 is 7.12 Å². The number of hydrogen-bond acceptors (Lipinski definition) is 2. The van der Waals surface area contributed by atoms with E-state index in [0.29, 0.717) is 5.46 Å². The minimum absolute atomic E-state index is 0.590. The zero-order valence-electron chi connectivity index (χ0n) is 9.34. The predicted molar refractivity (Wildman–Crippen MR) is 64.5 cm³/mol. The molecule has 3 atom stereocenters. The van der Waals surface area contributed by atoms with Crippen LogP contribution in [0.1, 0.15) is 37.2 Å². The van der Waals surface area contributed by atoms with Crippen LogP contribution in [-0.4, -0.2) is 17.2 Å². The molecule has 2 bridgehead atoms. The van der Waals surface area contributed by atoms with Crippen LogP contribution in [0.3, 0.4) is 0 Å². The second-order valence-corrected chi connectivity index (χ2v) is 5.32. The van der Waals surface area contributed by atoms with Gasteiger partial charge in [0.1, 0.15) is 0 Å². The Bertz CT molecular complexity index is 374. The van der Waals surface area contributed by atoms with Crippen LogP contribution in [-0.2, 0) is 0 Å². The summed E-state index contributed by atoms with van der Waals surface area (Å²) in [5.74, 6) is 2.57. The Morgan fingerprint density at radius 1 is 1.00 bits per heavy atom. The third kappa shape index (κ3) is 1.68. The summed E-state index contributed by atoms with van der Waals surface area (Å²) in [6, 6.07) is 7.82. The number of rotatable bonds is 2. The lowest BCUT2D eigenvalue weighted by Crippen LogP contribution is -2.29. The van der Waals surface area contributed by atoms with Gasteiger partial charge < -0.3 is 10.0 Å². The maximum atomic E-state index is 9.04. The van der Waals surface area contributed by atoms with Gasteiger partial charge in [0, 0.05) is 0 Å². The minimum Gasteiger partial charge on any atom is -0.423 e. The largest absolute Gasteiger partial charge is 0.488 e. The first-order valence-corrected chi connectivity index (χ1v) is 6.20. The van der Waals surface area contributed by atoms with Crippen molar-refractivity contribution in [2.24, 2.45) is 11.8 Å². The molecule has 84 valence electrons. The molecule has 2 aliphatic rings. The molecule has 0 aliphatic heterocycles. The van der Waals surface area contributed by atoms with E-state index in [1.54, 1.807) is 0 Å². The maximum absolute atomic E-state index is 9.04. The third-order valence-corrected chi connectivity index (χ3v) is 4.40. The van der Waals surface area contributed by atoms with Crippen LogP contribution in [0.5, 0.6) is 0 Å². The zero-order valence-corrected chi connectivity index (χ0v) is 9.34. The van der Waals surface area contributed by atoms with Gasteiger partial charge in [-0.3, -0.25) is 0 Å². The molecule has 0 heterocycles. The van der Waals surface area contributed by atoms with Gasteiger partial charge in [-0.05, 0) is 48.0 Å². The average Bonchev–Trinajstić information content (AvgIpc) is 2.91. The minimum atomic E-state index is -1.34. The molecule has 1 aromatic carbocycles. The molecule has 2 aliphatic carbocycles. The molecule has 0 radical (unpaired) electrons. The Balaban J connectivity index is 1.80. The molecule has 3 rings (SSSR count). The van der Waals surface area contributed by atoms with E-state index in [1.165, 1.54) is 31.2 Å². The summed E-state index contributed by atoms with van der Waals surface area (Å²) in [4.78, 5) is 0. The molecule has 0 aromatic heterocycles. The van der Waals surface area contributed by atoms with Crippen molar-refractivity contribution in [3.63, 3.8) is 0 Å². The number of hydrogen-bond donors (Lipinski definition) is 2. The van der Waals surface area contributed by atoms with Crippen molar-refractivity contribution in [3.05, 3.63) is 29.8 Å². The monoisotopic (exact) mass is 216 g/mol. The summed E-state index contributed by atoms with van der Waals surface area (Å²) in [5.41, 5.74) is 1.98. The smallest absolute Gasteiger partial charge is 0.423 e. The second kappa shape index (κ2) is 3.90. The van der Waals surface area contributed by atoms with Crippen molar-refractivity contribution in [2.45, 2.75) is 31.6 Å². The molecule has 2 saturated carbocycles. The molecule has 2 fully saturated rings. The van der Waals surface area contributed by atoms with Gasteiger partial charge in [0.25, 0.3) is 0 Å². The first kappa shape index (κ1) is 10.4. The van der Waals surface area contributed by atoms with E-state index in [-0.39, 0.29) is 0 Å². The fourth-order valence-corrected chi connectivity index (χ4v) is 3.57. The van der Waals surface area contributed by atoms with Gasteiger partial charge in [-0.1, -0.05) is 30.7 Å². The van der Waals surface area contributed by atoms with Crippen LogP contribution in [0, 0.1) is 11.8 Å². The summed E-state index contributed by atoms with van der Waals surface area (Å²) in [7, 11) is -1.34. The van der Waals surface area contributed by atoms with Crippen molar-refractivity contribution in [1.82, 2.24) is 0 Å². The Kier molecular flexibility index (Phi) is 2.53. The van der Waals surface area contributed by atoms with Gasteiger partial charge in [0.05, 0.1) is 0 Å².